The van der Waals surface area contributed by atoms with Gasteiger partial charge in [0.05, 0.1) is 5.69 Å². The second-order valence-corrected chi connectivity index (χ2v) is 5.94. The number of hydrogen-bond donors (Lipinski definition) is 1. The molecule has 0 aliphatic carbocycles. The van der Waals surface area contributed by atoms with Gasteiger partial charge in [0.1, 0.15) is 0 Å². The topological polar surface area (TPSA) is 41.0 Å². The van der Waals surface area contributed by atoms with E-state index in [1.54, 1.807) is 11.3 Å². The van der Waals surface area contributed by atoms with Crippen LogP contribution < -0.4 is 10.2 Å². The van der Waals surface area contributed by atoms with E-state index >= 15 is 0 Å². The number of hydrogen-bond acceptors (Lipinski definition) is 5. The molecule has 0 saturated carbocycles. The highest BCUT2D eigenvalue weighted by Gasteiger charge is 2.13. The fourth-order valence-electron chi connectivity index (χ4n) is 1.97. The Morgan fingerprint density at radius 3 is 2.75 bits per heavy atom. The molecule has 0 fully saturated rings. The first kappa shape index (κ1) is 14.9. The van der Waals surface area contributed by atoms with Crippen LogP contribution >= 0.6 is 11.3 Å². The molecule has 2 aromatic heterocycles. The third-order valence-electron chi connectivity index (χ3n) is 3.36. The van der Waals surface area contributed by atoms with Crippen molar-refractivity contribution in [2.45, 2.75) is 32.9 Å². The minimum Gasteiger partial charge on any atom is -0.355 e. The largest absolute Gasteiger partial charge is 0.355 e. The van der Waals surface area contributed by atoms with Gasteiger partial charge in [-0.25, -0.2) is 0 Å². The Morgan fingerprint density at radius 2 is 2.15 bits per heavy atom. The molecule has 0 aliphatic heterocycles. The zero-order chi connectivity index (χ0) is 14.4. The maximum atomic E-state index is 4.32. The summed E-state index contributed by atoms with van der Waals surface area (Å²) in [6.45, 7) is 6.02. The highest BCUT2D eigenvalue weighted by Crippen LogP contribution is 2.17. The quantitative estimate of drug-likeness (QED) is 0.851. The summed E-state index contributed by atoms with van der Waals surface area (Å²) in [5.41, 5.74) is 0.981. The summed E-state index contributed by atoms with van der Waals surface area (Å²) in [5.74, 6) is 0.925. The van der Waals surface area contributed by atoms with Crippen molar-refractivity contribution >= 4 is 17.2 Å². The van der Waals surface area contributed by atoms with Crippen LogP contribution in [0, 0.1) is 0 Å². The van der Waals surface area contributed by atoms with E-state index in [2.05, 4.69) is 58.8 Å². The monoisotopic (exact) mass is 290 g/mol. The van der Waals surface area contributed by atoms with E-state index in [4.69, 9.17) is 0 Å². The van der Waals surface area contributed by atoms with Crippen LogP contribution in [-0.2, 0) is 13.0 Å². The van der Waals surface area contributed by atoms with Crippen LogP contribution in [0.25, 0.3) is 0 Å². The van der Waals surface area contributed by atoms with Crippen molar-refractivity contribution in [1.29, 1.82) is 0 Å². The Morgan fingerprint density at radius 1 is 1.30 bits per heavy atom. The first-order valence-corrected chi connectivity index (χ1v) is 7.87. The molecule has 20 heavy (non-hydrogen) atoms. The van der Waals surface area contributed by atoms with Gasteiger partial charge < -0.3 is 10.2 Å². The maximum absolute atomic E-state index is 4.32. The Labute approximate surface area is 124 Å². The Bertz CT molecular complexity index is 495. The van der Waals surface area contributed by atoms with Crippen LogP contribution in [-0.4, -0.2) is 29.8 Å². The third-order valence-corrected chi connectivity index (χ3v) is 4.26. The van der Waals surface area contributed by atoms with Gasteiger partial charge in [0, 0.05) is 30.9 Å². The van der Waals surface area contributed by atoms with E-state index in [-0.39, 0.29) is 0 Å². The minimum atomic E-state index is 0.405. The number of rotatable bonds is 7. The molecule has 0 aromatic carbocycles. The second kappa shape index (κ2) is 7.36. The number of aromatic nitrogens is 2. The molecule has 0 radical (unpaired) electrons. The van der Waals surface area contributed by atoms with Crippen molar-refractivity contribution in [1.82, 2.24) is 15.5 Å². The molecule has 1 atom stereocenters. The first-order valence-electron chi connectivity index (χ1n) is 6.99. The molecular formula is C15H22N4S. The van der Waals surface area contributed by atoms with Crippen molar-refractivity contribution < 1.29 is 0 Å². The predicted molar refractivity (Wildman–Crippen MR) is 85.3 cm³/mol. The van der Waals surface area contributed by atoms with Gasteiger partial charge in [-0.1, -0.05) is 13.0 Å². The molecule has 0 amide bonds. The molecule has 2 heterocycles. The summed E-state index contributed by atoms with van der Waals surface area (Å²) in [6.07, 6.45) is 1.04. The molecule has 2 rings (SSSR count). The fraction of sp³-hybridized carbons (Fsp3) is 0.467. The van der Waals surface area contributed by atoms with E-state index in [0.29, 0.717) is 6.04 Å². The molecule has 108 valence electrons. The smallest absolute Gasteiger partial charge is 0.151 e. The van der Waals surface area contributed by atoms with Gasteiger partial charge in [0.2, 0.25) is 0 Å². The van der Waals surface area contributed by atoms with Crippen molar-refractivity contribution in [2.24, 2.45) is 0 Å². The predicted octanol–water partition coefficient (Wildman–Crippen LogP) is 2.72. The zero-order valence-electron chi connectivity index (χ0n) is 12.3. The van der Waals surface area contributed by atoms with Crippen molar-refractivity contribution in [3.8, 4) is 0 Å². The van der Waals surface area contributed by atoms with Crippen LogP contribution in [0.4, 0.5) is 5.82 Å². The van der Waals surface area contributed by atoms with Gasteiger partial charge in [0.25, 0.3) is 0 Å². The number of anilines is 1. The van der Waals surface area contributed by atoms with Gasteiger partial charge in [-0.3, -0.25) is 0 Å². The van der Waals surface area contributed by atoms with E-state index in [1.807, 2.05) is 12.1 Å². The van der Waals surface area contributed by atoms with Crippen LogP contribution in [0.2, 0.25) is 0 Å². The average molecular weight is 290 g/mol. The third kappa shape index (κ3) is 4.02. The first-order chi connectivity index (χ1) is 9.70. The lowest BCUT2D eigenvalue weighted by Crippen LogP contribution is -2.31. The Hall–Kier alpha value is -1.46. The van der Waals surface area contributed by atoms with Crippen LogP contribution in [0.3, 0.4) is 0 Å². The molecular weight excluding hydrogens is 268 g/mol. The van der Waals surface area contributed by atoms with E-state index in [9.17, 15) is 0 Å². The summed E-state index contributed by atoms with van der Waals surface area (Å²) >= 11 is 1.80. The van der Waals surface area contributed by atoms with E-state index in [0.717, 1.165) is 31.0 Å². The molecule has 1 unspecified atom stereocenters. The lowest BCUT2D eigenvalue weighted by molar-refractivity contribution is 0.664. The minimum absolute atomic E-state index is 0.405. The molecule has 5 heteroatoms. The van der Waals surface area contributed by atoms with E-state index < -0.39 is 0 Å². The Kier molecular flexibility index (Phi) is 5.49. The molecule has 2 aromatic rings. The molecule has 0 aliphatic rings. The summed E-state index contributed by atoms with van der Waals surface area (Å²) in [5, 5.41) is 14.0. The van der Waals surface area contributed by atoms with Gasteiger partial charge in [0.15, 0.2) is 5.82 Å². The normalized spacial score (nSPS) is 12.3. The fourth-order valence-corrected chi connectivity index (χ4v) is 2.80. The molecule has 4 nitrogen and oxygen atoms in total. The molecule has 0 saturated heterocycles. The van der Waals surface area contributed by atoms with Crippen molar-refractivity contribution in [2.75, 3.05) is 18.5 Å². The van der Waals surface area contributed by atoms with E-state index in [1.165, 1.54) is 4.88 Å². The second-order valence-electron chi connectivity index (χ2n) is 4.91. The summed E-state index contributed by atoms with van der Waals surface area (Å²) < 4.78 is 0. The highest BCUT2D eigenvalue weighted by molar-refractivity contribution is 7.09. The standard InChI is InChI=1S/C15H22N4S/c1-4-16-11-13-7-8-15(18-17-13)19(3)12(2)10-14-6-5-9-20-14/h5-9,12,16H,4,10-11H2,1-3H3. The molecule has 0 spiro atoms. The maximum Gasteiger partial charge on any atom is 0.151 e. The average Bonchev–Trinajstić information content (AvgIpc) is 2.97. The number of nitrogens with one attached hydrogen (secondary N) is 1. The number of nitrogens with zero attached hydrogens (tertiary/aromatic N) is 3. The van der Waals surface area contributed by atoms with Crippen LogP contribution in [0.15, 0.2) is 29.6 Å². The lowest BCUT2D eigenvalue weighted by Gasteiger charge is -2.25. The summed E-state index contributed by atoms with van der Waals surface area (Å²) in [6, 6.07) is 8.77. The van der Waals surface area contributed by atoms with Gasteiger partial charge in [-0.2, -0.15) is 5.10 Å². The van der Waals surface area contributed by atoms with Crippen molar-refractivity contribution in [3.63, 3.8) is 0 Å². The van der Waals surface area contributed by atoms with Crippen LogP contribution in [0.1, 0.15) is 24.4 Å². The molecule has 0 bridgehead atoms. The molecule has 1 N–H and O–H groups in total. The number of thiophene rings is 1. The van der Waals surface area contributed by atoms with Gasteiger partial charge >= 0.3 is 0 Å². The highest BCUT2D eigenvalue weighted by atomic mass is 32.1. The summed E-state index contributed by atoms with van der Waals surface area (Å²) in [7, 11) is 2.08. The summed E-state index contributed by atoms with van der Waals surface area (Å²) in [4.78, 5) is 3.59. The zero-order valence-corrected chi connectivity index (χ0v) is 13.2. The van der Waals surface area contributed by atoms with Crippen LogP contribution in [0.5, 0.6) is 0 Å². The Balaban J connectivity index is 1.95. The van der Waals surface area contributed by atoms with Crippen molar-refractivity contribution in [3.05, 3.63) is 40.2 Å². The lowest BCUT2D eigenvalue weighted by atomic mass is 10.2. The van der Waals surface area contributed by atoms with Gasteiger partial charge in [-0.15, -0.1) is 16.4 Å². The SMILES string of the molecule is CCNCc1ccc(N(C)C(C)Cc2cccs2)nn1. The number of likely N-dealkylation sites (N-methyl/N-ethyl adjacent to an activating group) is 1. The van der Waals surface area contributed by atoms with Gasteiger partial charge in [-0.05, 0) is 37.0 Å².